The molecule has 1 aromatic rings. The Morgan fingerprint density at radius 1 is 1.24 bits per heavy atom. The van der Waals surface area contributed by atoms with E-state index in [-0.39, 0.29) is 18.1 Å². The van der Waals surface area contributed by atoms with Crippen LogP contribution >= 0.6 is 0 Å². The van der Waals surface area contributed by atoms with Crippen molar-refractivity contribution in [3.63, 3.8) is 0 Å². The number of aryl methyl sites for hydroxylation is 1. The zero-order valence-corrected chi connectivity index (χ0v) is 11.1. The van der Waals surface area contributed by atoms with Crippen LogP contribution in [0.1, 0.15) is 19.4 Å². The average molecular weight is 258 g/mol. The van der Waals surface area contributed by atoms with Crippen LogP contribution in [0.25, 0.3) is 0 Å². The van der Waals surface area contributed by atoms with Crippen LogP contribution in [0.5, 0.6) is 0 Å². The summed E-state index contributed by atoms with van der Waals surface area (Å²) in [7, 11) is -3.73. The quantitative estimate of drug-likeness (QED) is 0.817. The van der Waals surface area contributed by atoms with Gasteiger partial charge in [0.25, 0.3) is 10.1 Å². The van der Waals surface area contributed by atoms with E-state index >= 15 is 0 Å². The molecule has 1 N–H and O–H groups in total. The summed E-state index contributed by atoms with van der Waals surface area (Å²) < 4.78 is 28.5. The van der Waals surface area contributed by atoms with Crippen molar-refractivity contribution in [2.75, 3.05) is 13.2 Å². The van der Waals surface area contributed by atoms with Crippen molar-refractivity contribution in [2.24, 2.45) is 5.41 Å². The van der Waals surface area contributed by atoms with E-state index in [1.807, 2.05) is 6.92 Å². The summed E-state index contributed by atoms with van der Waals surface area (Å²) >= 11 is 0. The predicted molar refractivity (Wildman–Crippen MR) is 65.2 cm³/mol. The first-order valence-electron chi connectivity index (χ1n) is 5.34. The largest absolute Gasteiger partial charge is 0.396 e. The highest BCUT2D eigenvalue weighted by Crippen LogP contribution is 2.19. The molecule has 0 amide bonds. The van der Waals surface area contributed by atoms with Crippen molar-refractivity contribution in [1.29, 1.82) is 0 Å². The van der Waals surface area contributed by atoms with Gasteiger partial charge in [-0.3, -0.25) is 4.18 Å². The Kier molecular flexibility index (Phi) is 4.30. The SMILES string of the molecule is Cc1ccc(S(=O)(=O)OCC(C)(C)CO)cc1. The molecule has 17 heavy (non-hydrogen) atoms. The highest BCUT2D eigenvalue weighted by Gasteiger charge is 2.22. The van der Waals surface area contributed by atoms with Crippen molar-refractivity contribution in [3.8, 4) is 0 Å². The molecule has 1 aromatic carbocycles. The van der Waals surface area contributed by atoms with Gasteiger partial charge in [0, 0.05) is 5.41 Å². The fraction of sp³-hybridized carbons (Fsp3) is 0.500. The zero-order valence-electron chi connectivity index (χ0n) is 10.3. The second kappa shape index (κ2) is 5.16. The highest BCUT2D eigenvalue weighted by molar-refractivity contribution is 7.86. The average Bonchev–Trinajstić information content (AvgIpc) is 2.27. The van der Waals surface area contributed by atoms with Gasteiger partial charge in [0.2, 0.25) is 0 Å². The fourth-order valence-corrected chi connectivity index (χ4v) is 2.14. The van der Waals surface area contributed by atoms with Crippen LogP contribution in [0, 0.1) is 12.3 Å². The van der Waals surface area contributed by atoms with Gasteiger partial charge in [0.15, 0.2) is 0 Å². The van der Waals surface area contributed by atoms with Crippen molar-refractivity contribution >= 4 is 10.1 Å². The summed E-state index contributed by atoms with van der Waals surface area (Å²) in [5.41, 5.74) is 0.414. The minimum atomic E-state index is -3.73. The Labute approximate surface area is 102 Å². The van der Waals surface area contributed by atoms with Gasteiger partial charge in [-0.15, -0.1) is 0 Å². The standard InChI is InChI=1S/C12H18O4S/c1-10-4-6-11(7-5-10)17(14,15)16-9-12(2,3)8-13/h4-7,13H,8-9H2,1-3H3. The number of hydrogen-bond acceptors (Lipinski definition) is 4. The summed E-state index contributed by atoms with van der Waals surface area (Å²) in [4.78, 5) is 0.136. The van der Waals surface area contributed by atoms with Crippen LogP contribution in [0.2, 0.25) is 0 Å². The van der Waals surface area contributed by atoms with Gasteiger partial charge in [-0.2, -0.15) is 8.42 Å². The van der Waals surface area contributed by atoms with Crippen LogP contribution in [-0.4, -0.2) is 26.7 Å². The van der Waals surface area contributed by atoms with Crippen LogP contribution in [-0.2, 0) is 14.3 Å². The molecule has 0 atom stereocenters. The lowest BCUT2D eigenvalue weighted by molar-refractivity contribution is 0.101. The van der Waals surface area contributed by atoms with Gasteiger partial charge in [0.1, 0.15) is 0 Å². The smallest absolute Gasteiger partial charge is 0.296 e. The summed E-state index contributed by atoms with van der Waals surface area (Å²) in [5, 5.41) is 9.02. The molecular weight excluding hydrogens is 240 g/mol. The van der Waals surface area contributed by atoms with E-state index in [1.165, 1.54) is 12.1 Å². The Morgan fingerprint density at radius 2 is 1.76 bits per heavy atom. The second-order valence-corrected chi connectivity index (χ2v) is 6.47. The maximum atomic E-state index is 11.8. The molecular formula is C12H18O4S. The highest BCUT2D eigenvalue weighted by atomic mass is 32.2. The predicted octanol–water partition coefficient (Wildman–Crippen LogP) is 1.72. The molecule has 0 bridgehead atoms. The van der Waals surface area contributed by atoms with Gasteiger partial charge >= 0.3 is 0 Å². The molecule has 0 saturated carbocycles. The van der Waals surface area contributed by atoms with Gasteiger partial charge in [-0.25, -0.2) is 0 Å². The summed E-state index contributed by atoms with van der Waals surface area (Å²) in [5.74, 6) is 0. The molecule has 0 aliphatic carbocycles. The molecule has 0 saturated heterocycles. The van der Waals surface area contributed by atoms with Gasteiger partial charge in [0.05, 0.1) is 18.1 Å². The third-order valence-electron chi connectivity index (χ3n) is 2.34. The number of aliphatic hydroxyl groups excluding tert-OH is 1. The number of benzene rings is 1. The van der Waals surface area contributed by atoms with Crippen molar-refractivity contribution in [1.82, 2.24) is 0 Å². The Balaban J connectivity index is 2.79. The van der Waals surface area contributed by atoms with Crippen LogP contribution in [0.4, 0.5) is 0 Å². The van der Waals surface area contributed by atoms with E-state index in [0.717, 1.165) is 5.56 Å². The van der Waals surface area contributed by atoms with Crippen LogP contribution in [0.15, 0.2) is 29.2 Å². The molecule has 96 valence electrons. The third-order valence-corrected chi connectivity index (χ3v) is 3.62. The van der Waals surface area contributed by atoms with E-state index in [0.29, 0.717) is 0 Å². The van der Waals surface area contributed by atoms with Crippen LogP contribution < -0.4 is 0 Å². The van der Waals surface area contributed by atoms with Crippen molar-refractivity contribution in [3.05, 3.63) is 29.8 Å². The summed E-state index contributed by atoms with van der Waals surface area (Å²) in [6.07, 6.45) is 0. The number of aliphatic hydroxyl groups is 1. The van der Waals surface area contributed by atoms with E-state index < -0.39 is 15.5 Å². The topological polar surface area (TPSA) is 63.6 Å². The van der Waals surface area contributed by atoms with Crippen molar-refractivity contribution < 1.29 is 17.7 Å². The molecule has 5 heteroatoms. The summed E-state index contributed by atoms with van der Waals surface area (Å²) in [6, 6.07) is 6.45. The third kappa shape index (κ3) is 4.11. The maximum Gasteiger partial charge on any atom is 0.296 e. The number of rotatable bonds is 5. The maximum absolute atomic E-state index is 11.8. The first-order valence-corrected chi connectivity index (χ1v) is 6.75. The molecule has 0 fully saturated rings. The minimum Gasteiger partial charge on any atom is -0.396 e. The first-order chi connectivity index (χ1) is 7.77. The number of hydrogen-bond donors (Lipinski definition) is 1. The molecule has 0 unspecified atom stereocenters. The van der Waals surface area contributed by atoms with Crippen LogP contribution in [0.3, 0.4) is 0 Å². The van der Waals surface area contributed by atoms with E-state index in [9.17, 15) is 8.42 Å². The molecule has 0 aliphatic rings. The molecule has 0 radical (unpaired) electrons. The van der Waals surface area contributed by atoms with E-state index in [1.54, 1.807) is 26.0 Å². The fourth-order valence-electron chi connectivity index (χ4n) is 1.06. The Morgan fingerprint density at radius 3 is 2.24 bits per heavy atom. The monoisotopic (exact) mass is 258 g/mol. The zero-order chi connectivity index (χ0) is 13.1. The molecule has 0 heterocycles. The molecule has 0 aromatic heterocycles. The van der Waals surface area contributed by atoms with E-state index in [2.05, 4.69) is 0 Å². The summed E-state index contributed by atoms with van der Waals surface area (Å²) in [6.45, 7) is 5.18. The lowest BCUT2D eigenvalue weighted by Gasteiger charge is -2.20. The molecule has 1 rings (SSSR count). The van der Waals surface area contributed by atoms with E-state index in [4.69, 9.17) is 9.29 Å². The van der Waals surface area contributed by atoms with Gasteiger partial charge in [-0.05, 0) is 19.1 Å². The molecule has 0 spiro atoms. The first kappa shape index (κ1) is 14.2. The minimum absolute atomic E-state index is 0.0420. The van der Waals surface area contributed by atoms with Gasteiger partial charge in [-0.1, -0.05) is 31.5 Å². The second-order valence-electron chi connectivity index (χ2n) is 4.85. The molecule has 4 nitrogen and oxygen atoms in total. The lowest BCUT2D eigenvalue weighted by Crippen LogP contribution is -2.25. The normalized spacial score (nSPS) is 12.7. The lowest BCUT2D eigenvalue weighted by atomic mass is 9.97. The molecule has 0 aliphatic heterocycles. The van der Waals surface area contributed by atoms with Crippen molar-refractivity contribution in [2.45, 2.75) is 25.7 Å². The van der Waals surface area contributed by atoms with Gasteiger partial charge < -0.3 is 5.11 Å². The Hall–Kier alpha value is -0.910. The Bertz CT molecular complexity index is 460.